The second-order valence-electron chi connectivity index (χ2n) is 9.03. The number of nitrogens with one attached hydrogen (secondary N) is 1. The summed E-state index contributed by atoms with van der Waals surface area (Å²) in [6.45, 7) is 9.29. The molecule has 1 aromatic rings. The van der Waals surface area contributed by atoms with Gasteiger partial charge in [-0.15, -0.1) is 0 Å². The van der Waals surface area contributed by atoms with Gasteiger partial charge in [-0.3, -0.25) is 4.90 Å². The number of unbranched alkanes of at least 4 members (excludes halogenated alkanes) is 2. The lowest BCUT2D eigenvalue weighted by molar-refractivity contribution is 0.180. The molecule has 1 aromatic heterocycles. The van der Waals surface area contributed by atoms with E-state index in [9.17, 15) is 0 Å². The fourth-order valence-corrected chi connectivity index (χ4v) is 4.97. The summed E-state index contributed by atoms with van der Waals surface area (Å²) in [7, 11) is 0. The van der Waals surface area contributed by atoms with Crippen molar-refractivity contribution in [2.45, 2.75) is 103 Å². The molecular weight excluding hydrogens is 358 g/mol. The average Bonchev–Trinajstić information content (AvgIpc) is 3.15. The Morgan fingerprint density at radius 2 is 1.83 bits per heavy atom. The van der Waals surface area contributed by atoms with Crippen LogP contribution in [0.5, 0.6) is 0 Å². The van der Waals surface area contributed by atoms with E-state index in [1.165, 1.54) is 83.6 Å². The molecule has 2 aliphatic heterocycles. The van der Waals surface area contributed by atoms with Crippen LogP contribution in [0, 0.1) is 0 Å². The Hall–Kier alpha value is -1.36. The van der Waals surface area contributed by atoms with Crippen molar-refractivity contribution >= 4 is 11.8 Å². The third-order valence-electron chi connectivity index (χ3n) is 6.74. The molecule has 0 aromatic carbocycles. The zero-order valence-corrected chi connectivity index (χ0v) is 18.9. The molecule has 2 aliphatic rings. The first kappa shape index (κ1) is 22.3. The Balaban J connectivity index is 1.60. The first-order valence-electron chi connectivity index (χ1n) is 12.4. The molecule has 2 fully saturated rings. The first-order chi connectivity index (χ1) is 14.3. The predicted octanol–water partition coefficient (Wildman–Crippen LogP) is 5.48. The fraction of sp³-hybridized carbons (Fsp3) is 0.833. The van der Waals surface area contributed by atoms with Gasteiger partial charge in [0.15, 0.2) is 0 Å². The van der Waals surface area contributed by atoms with E-state index in [0.717, 1.165) is 37.4 Å². The van der Waals surface area contributed by atoms with Crippen LogP contribution in [0.4, 0.5) is 11.8 Å². The number of nitrogens with zero attached hydrogens (tertiary/aromatic N) is 4. The molecule has 3 rings (SSSR count). The van der Waals surface area contributed by atoms with Crippen LogP contribution in [-0.2, 0) is 0 Å². The molecular formula is C24H43N5. The zero-order chi connectivity index (χ0) is 20.3. The highest BCUT2D eigenvalue weighted by Gasteiger charge is 2.24. The third kappa shape index (κ3) is 7.13. The highest BCUT2D eigenvalue weighted by molar-refractivity contribution is 5.43. The van der Waals surface area contributed by atoms with Crippen LogP contribution < -0.4 is 10.2 Å². The first-order valence-corrected chi connectivity index (χ1v) is 12.4. The second kappa shape index (κ2) is 12.4. The monoisotopic (exact) mass is 401 g/mol. The summed E-state index contributed by atoms with van der Waals surface area (Å²) in [4.78, 5) is 14.7. The van der Waals surface area contributed by atoms with Gasteiger partial charge < -0.3 is 10.2 Å². The van der Waals surface area contributed by atoms with Crippen LogP contribution in [0.2, 0.25) is 0 Å². The minimum atomic E-state index is 0.456. The highest BCUT2D eigenvalue weighted by atomic mass is 15.2. The number of anilines is 2. The van der Waals surface area contributed by atoms with E-state index in [4.69, 9.17) is 4.98 Å². The van der Waals surface area contributed by atoms with Gasteiger partial charge in [0.1, 0.15) is 5.82 Å². The van der Waals surface area contributed by atoms with E-state index >= 15 is 0 Å². The van der Waals surface area contributed by atoms with Gasteiger partial charge in [-0.2, -0.15) is 4.98 Å². The Morgan fingerprint density at radius 3 is 2.59 bits per heavy atom. The molecule has 3 heterocycles. The van der Waals surface area contributed by atoms with Crippen molar-refractivity contribution in [3.05, 3.63) is 12.3 Å². The van der Waals surface area contributed by atoms with Crippen LogP contribution in [0.1, 0.15) is 90.9 Å². The fourth-order valence-electron chi connectivity index (χ4n) is 4.97. The Labute approximate surface area is 178 Å². The summed E-state index contributed by atoms with van der Waals surface area (Å²) in [5.74, 6) is 1.92. The van der Waals surface area contributed by atoms with Crippen LogP contribution in [0.3, 0.4) is 0 Å². The second-order valence-corrected chi connectivity index (χ2v) is 9.03. The van der Waals surface area contributed by atoms with Gasteiger partial charge in [0, 0.05) is 37.9 Å². The van der Waals surface area contributed by atoms with Gasteiger partial charge in [0.05, 0.1) is 0 Å². The van der Waals surface area contributed by atoms with Crippen LogP contribution in [0.15, 0.2) is 12.3 Å². The van der Waals surface area contributed by atoms with E-state index in [0.29, 0.717) is 6.04 Å². The highest BCUT2D eigenvalue weighted by Crippen LogP contribution is 2.22. The number of hydrogen-bond acceptors (Lipinski definition) is 5. The van der Waals surface area contributed by atoms with Gasteiger partial charge in [0.2, 0.25) is 5.95 Å². The van der Waals surface area contributed by atoms with Gasteiger partial charge in [-0.05, 0) is 51.1 Å². The molecule has 0 spiro atoms. The Kier molecular flexibility index (Phi) is 9.52. The molecule has 29 heavy (non-hydrogen) atoms. The van der Waals surface area contributed by atoms with E-state index in [1.54, 1.807) is 0 Å². The molecule has 5 nitrogen and oxygen atoms in total. The normalized spacial score (nSPS) is 22.7. The smallest absolute Gasteiger partial charge is 0.224 e. The van der Waals surface area contributed by atoms with Crippen LogP contribution in [-0.4, -0.2) is 53.1 Å². The lowest BCUT2D eigenvalue weighted by Gasteiger charge is -2.32. The maximum absolute atomic E-state index is 4.90. The van der Waals surface area contributed by atoms with E-state index in [-0.39, 0.29) is 0 Å². The molecule has 0 radical (unpaired) electrons. The van der Waals surface area contributed by atoms with Crippen LogP contribution in [0.25, 0.3) is 0 Å². The molecule has 0 bridgehead atoms. The summed E-state index contributed by atoms with van der Waals surface area (Å²) in [6, 6.07) is 3.27. The molecule has 0 aliphatic carbocycles. The molecule has 5 heteroatoms. The van der Waals surface area contributed by atoms with Crippen molar-refractivity contribution in [3.63, 3.8) is 0 Å². The topological polar surface area (TPSA) is 44.3 Å². The summed E-state index contributed by atoms with van der Waals surface area (Å²) in [5.41, 5.74) is 0. The van der Waals surface area contributed by atoms with Crippen LogP contribution >= 0.6 is 0 Å². The summed E-state index contributed by atoms with van der Waals surface area (Å²) in [6.07, 6.45) is 17.7. The molecule has 2 atom stereocenters. The van der Waals surface area contributed by atoms with Crippen molar-refractivity contribution in [1.82, 2.24) is 14.9 Å². The molecule has 0 amide bonds. The molecule has 0 saturated carbocycles. The summed E-state index contributed by atoms with van der Waals surface area (Å²) >= 11 is 0. The van der Waals surface area contributed by atoms with Crippen molar-refractivity contribution in [1.29, 1.82) is 0 Å². The molecule has 164 valence electrons. The van der Waals surface area contributed by atoms with Crippen molar-refractivity contribution in [2.24, 2.45) is 0 Å². The number of aromatic nitrogens is 2. The van der Waals surface area contributed by atoms with Gasteiger partial charge in [-0.1, -0.05) is 52.4 Å². The van der Waals surface area contributed by atoms with Crippen molar-refractivity contribution in [3.8, 4) is 0 Å². The van der Waals surface area contributed by atoms with Crippen molar-refractivity contribution < 1.29 is 0 Å². The van der Waals surface area contributed by atoms with E-state index < -0.39 is 0 Å². The quantitative estimate of drug-likeness (QED) is 0.555. The number of likely N-dealkylation sites (tertiary alicyclic amines) is 1. The molecule has 1 N–H and O–H groups in total. The lowest BCUT2D eigenvalue weighted by atomic mass is 10.0. The summed E-state index contributed by atoms with van der Waals surface area (Å²) in [5, 5.41) is 3.70. The Morgan fingerprint density at radius 1 is 1.03 bits per heavy atom. The number of hydrogen-bond donors (Lipinski definition) is 1. The van der Waals surface area contributed by atoms with E-state index in [2.05, 4.69) is 40.0 Å². The zero-order valence-electron chi connectivity index (χ0n) is 18.9. The predicted molar refractivity (Wildman–Crippen MR) is 124 cm³/mol. The lowest BCUT2D eigenvalue weighted by Crippen LogP contribution is -2.42. The minimum Gasteiger partial charge on any atom is -0.356 e. The molecule has 2 saturated heterocycles. The third-order valence-corrected chi connectivity index (χ3v) is 6.74. The van der Waals surface area contributed by atoms with Crippen molar-refractivity contribution in [2.75, 3.05) is 36.4 Å². The minimum absolute atomic E-state index is 0.456. The van der Waals surface area contributed by atoms with E-state index in [1.807, 2.05) is 6.20 Å². The Bertz CT molecular complexity index is 570. The van der Waals surface area contributed by atoms with Gasteiger partial charge in [0.25, 0.3) is 0 Å². The maximum Gasteiger partial charge on any atom is 0.224 e. The molecule has 2 unspecified atom stereocenters. The average molecular weight is 402 g/mol. The van der Waals surface area contributed by atoms with Gasteiger partial charge >= 0.3 is 0 Å². The summed E-state index contributed by atoms with van der Waals surface area (Å²) < 4.78 is 0. The maximum atomic E-state index is 4.90. The SMILES string of the molecule is CCCCCC(CC)N1CCCCC(Nc2nccc(N3CCCCCC3)n2)C1. The number of rotatable bonds is 9. The largest absolute Gasteiger partial charge is 0.356 e. The standard InChI is InChI=1S/C24H43N5/c1-3-5-8-14-22(4-2)29-19-12-9-13-21(20-29)26-24-25-16-15-23(27-24)28-17-10-6-7-11-18-28/h15-16,21-22H,3-14,17-20H2,1-2H3,(H,25,26,27). The van der Waals surface area contributed by atoms with Gasteiger partial charge in [-0.25, -0.2) is 4.98 Å².